The maximum absolute atomic E-state index is 10.1. The predicted molar refractivity (Wildman–Crippen MR) is 108 cm³/mol. The standard InChI is InChI=1S/C23H37NO2/c1-5-15(2)19-10-12-23(24)18(7-6-11-22(19,23)4)9-8-17-13-20(25)16(3)21(26)14-17/h8-9,15,19-21,25-26H,3,5-7,10-14,24H2,1-2,4H3/b18-9+/t15-,19?,20+,21+,22+,23+/m0/s1. The Balaban J connectivity index is 1.86. The van der Waals surface area contributed by atoms with Crippen LogP contribution in [0.15, 0.2) is 35.5 Å². The molecule has 3 saturated carbocycles. The molecule has 6 atom stereocenters. The summed E-state index contributed by atoms with van der Waals surface area (Å²) in [6, 6.07) is 0. The van der Waals surface area contributed by atoms with Crippen molar-refractivity contribution in [2.45, 2.75) is 89.9 Å². The highest BCUT2D eigenvalue weighted by Gasteiger charge is 2.58. The summed E-state index contributed by atoms with van der Waals surface area (Å²) < 4.78 is 0. The van der Waals surface area contributed by atoms with Crippen molar-refractivity contribution in [2.75, 3.05) is 0 Å². The van der Waals surface area contributed by atoms with Crippen molar-refractivity contribution in [3.05, 3.63) is 35.5 Å². The Hall–Kier alpha value is -0.900. The van der Waals surface area contributed by atoms with Crippen molar-refractivity contribution in [1.29, 1.82) is 0 Å². The molecule has 1 unspecified atom stereocenters. The minimum absolute atomic E-state index is 0.185. The Morgan fingerprint density at radius 2 is 1.88 bits per heavy atom. The molecule has 26 heavy (non-hydrogen) atoms. The van der Waals surface area contributed by atoms with Crippen LogP contribution < -0.4 is 5.73 Å². The number of hydrogen-bond donors (Lipinski definition) is 3. The molecule has 3 aliphatic carbocycles. The quantitative estimate of drug-likeness (QED) is 0.660. The minimum Gasteiger partial charge on any atom is -0.388 e. The molecular formula is C23H37NO2. The molecular weight excluding hydrogens is 322 g/mol. The number of hydrogen-bond acceptors (Lipinski definition) is 3. The van der Waals surface area contributed by atoms with Gasteiger partial charge in [-0.25, -0.2) is 0 Å². The Morgan fingerprint density at radius 3 is 2.50 bits per heavy atom. The third-order valence-corrected chi connectivity index (χ3v) is 8.02. The van der Waals surface area contributed by atoms with Gasteiger partial charge in [0, 0.05) is 5.54 Å². The zero-order valence-electron chi connectivity index (χ0n) is 16.8. The fourth-order valence-corrected chi connectivity index (χ4v) is 5.97. The maximum atomic E-state index is 10.1. The van der Waals surface area contributed by atoms with Crippen LogP contribution in [0.1, 0.15) is 72.1 Å². The summed E-state index contributed by atoms with van der Waals surface area (Å²) >= 11 is 0. The highest BCUT2D eigenvalue weighted by molar-refractivity contribution is 5.35. The van der Waals surface area contributed by atoms with Gasteiger partial charge in [0.05, 0.1) is 12.2 Å². The lowest BCUT2D eigenvalue weighted by Crippen LogP contribution is -2.56. The van der Waals surface area contributed by atoms with Crippen LogP contribution in [0.25, 0.3) is 0 Å². The van der Waals surface area contributed by atoms with Crippen LogP contribution in [-0.2, 0) is 0 Å². The second-order valence-electron chi connectivity index (χ2n) is 9.30. The molecule has 146 valence electrons. The fourth-order valence-electron chi connectivity index (χ4n) is 5.97. The van der Waals surface area contributed by atoms with Gasteiger partial charge in [-0.15, -0.1) is 0 Å². The molecule has 3 rings (SSSR count). The molecule has 3 nitrogen and oxygen atoms in total. The molecule has 0 radical (unpaired) electrons. The van der Waals surface area contributed by atoms with E-state index in [1.165, 1.54) is 31.3 Å². The average molecular weight is 360 g/mol. The van der Waals surface area contributed by atoms with E-state index in [1.807, 2.05) is 0 Å². The van der Waals surface area contributed by atoms with Gasteiger partial charge in [0.1, 0.15) is 0 Å². The smallest absolute Gasteiger partial charge is 0.0809 e. The van der Waals surface area contributed by atoms with Crippen molar-refractivity contribution in [3.63, 3.8) is 0 Å². The lowest BCUT2D eigenvalue weighted by molar-refractivity contribution is 0.0763. The molecule has 0 amide bonds. The number of rotatable bonds is 3. The predicted octanol–water partition coefficient (Wildman–Crippen LogP) is 4.25. The van der Waals surface area contributed by atoms with Crippen LogP contribution in [0.5, 0.6) is 0 Å². The largest absolute Gasteiger partial charge is 0.388 e. The minimum atomic E-state index is -0.631. The van der Waals surface area contributed by atoms with Gasteiger partial charge >= 0.3 is 0 Å². The maximum Gasteiger partial charge on any atom is 0.0809 e. The van der Waals surface area contributed by atoms with Gasteiger partial charge in [-0.2, -0.15) is 0 Å². The summed E-state index contributed by atoms with van der Waals surface area (Å²) in [5.41, 5.74) is 10.1. The van der Waals surface area contributed by atoms with Gasteiger partial charge in [0.25, 0.3) is 0 Å². The Kier molecular flexibility index (Phi) is 5.54. The van der Waals surface area contributed by atoms with Crippen molar-refractivity contribution in [3.8, 4) is 0 Å². The SMILES string of the molecule is C=C1[C@H](O)CC(=C/C=C2\CCC[C@]3(C)C([C@@H](C)CC)CC[C@@]23N)C[C@H]1O. The van der Waals surface area contributed by atoms with Crippen LogP contribution in [0.3, 0.4) is 0 Å². The van der Waals surface area contributed by atoms with Gasteiger partial charge in [-0.05, 0) is 73.3 Å². The normalized spacial score (nSPS) is 43.5. The third kappa shape index (κ3) is 3.12. The van der Waals surface area contributed by atoms with Gasteiger partial charge in [-0.3, -0.25) is 0 Å². The molecule has 0 saturated heterocycles. The fraction of sp³-hybridized carbons (Fsp3) is 0.739. The van der Waals surface area contributed by atoms with E-state index in [0.717, 1.165) is 24.3 Å². The summed E-state index contributed by atoms with van der Waals surface area (Å²) in [5.74, 6) is 1.42. The number of fused-ring (bicyclic) bond motifs is 1. The lowest BCUT2D eigenvalue weighted by Gasteiger charge is -2.51. The Bertz CT molecular complexity index is 606. The summed E-state index contributed by atoms with van der Waals surface area (Å²) in [6.45, 7) is 10.9. The zero-order valence-corrected chi connectivity index (χ0v) is 16.8. The molecule has 0 aliphatic heterocycles. The van der Waals surface area contributed by atoms with Gasteiger partial charge in [0.15, 0.2) is 0 Å². The van der Waals surface area contributed by atoms with Crippen LogP contribution in [0.4, 0.5) is 0 Å². The highest BCUT2D eigenvalue weighted by Crippen LogP contribution is 2.60. The molecule has 3 fully saturated rings. The number of aliphatic hydroxyl groups is 2. The van der Waals surface area contributed by atoms with E-state index in [-0.39, 0.29) is 11.0 Å². The van der Waals surface area contributed by atoms with Crippen LogP contribution >= 0.6 is 0 Å². The zero-order chi connectivity index (χ0) is 19.1. The van der Waals surface area contributed by atoms with Crippen LogP contribution in [0, 0.1) is 17.3 Å². The summed E-state index contributed by atoms with van der Waals surface area (Å²) in [5, 5.41) is 20.1. The average Bonchev–Trinajstić information content (AvgIpc) is 2.89. The molecule has 0 aromatic carbocycles. The second kappa shape index (κ2) is 7.26. The molecule has 0 spiro atoms. The second-order valence-corrected chi connectivity index (χ2v) is 9.30. The number of nitrogens with two attached hydrogens (primary N) is 1. The first-order valence-corrected chi connectivity index (χ1v) is 10.5. The molecule has 0 aromatic heterocycles. The van der Waals surface area contributed by atoms with Gasteiger partial charge in [-0.1, -0.05) is 51.5 Å². The first-order valence-electron chi connectivity index (χ1n) is 10.5. The Morgan fingerprint density at radius 1 is 1.23 bits per heavy atom. The van der Waals surface area contributed by atoms with E-state index in [0.29, 0.717) is 24.3 Å². The van der Waals surface area contributed by atoms with Crippen molar-refractivity contribution >= 4 is 0 Å². The summed E-state index contributed by atoms with van der Waals surface area (Å²) in [4.78, 5) is 0. The molecule has 3 heteroatoms. The molecule has 3 aliphatic rings. The summed E-state index contributed by atoms with van der Waals surface area (Å²) in [6.07, 6.45) is 11.3. The van der Waals surface area contributed by atoms with E-state index in [2.05, 4.69) is 39.5 Å². The number of allylic oxidation sites excluding steroid dienone is 2. The molecule has 0 aromatic rings. The molecule has 4 N–H and O–H groups in total. The highest BCUT2D eigenvalue weighted by atomic mass is 16.3. The molecule has 0 heterocycles. The molecule has 0 bridgehead atoms. The first kappa shape index (κ1) is 19.9. The third-order valence-electron chi connectivity index (χ3n) is 8.02. The van der Waals surface area contributed by atoms with E-state index < -0.39 is 12.2 Å². The van der Waals surface area contributed by atoms with Gasteiger partial charge < -0.3 is 15.9 Å². The monoisotopic (exact) mass is 359 g/mol. The Labute approximate surface area is 159 Å². The van der Waals surface area contributed by atoms with Crippen LogP contribution in [-0.4, -0.2) is 28.0 Å². The van der Waals surface area contributed by atoms with Crippen molar-refractivity contribution in [1.82, 2.24) is 0 Å². The van der Waals surface area contributed by atoms with E-state index in [1.54, 1.807) is 0 Å². The van der Waals surface area contributed by atoms with Crippen molar-refractivity contribution in [2.24, 2.45) is 23.0 Å². The van der Waals surface area contributed by atoms with E-state index >= 15 is 0 Å². The first-order chi connectivity index (χ1) is 12.2. The van der Waals surface area contributed by atoms with Gasteiger partial charge in [0.2, 0.25) is 0 Å². The number of aliphatic hydroxyl groups excluding tert-OH is 2. The van der Waals surface area contributed by atoms with Crippen LogP contribution in [0.2, 0.25) is 0 Å². The van der Waals surface area contributed by atoms with E-state index in [4.69, 9.17) is 5.73 Å². The van der Waals surface area contributed by atoms with E-state index in [9.17, 15) is 10.2 Å². The topological polar surface area (TPSA) is 66.5 Å². The summed E-state index contributed by atoms with van der Waals surface area (Å²) in [7, 11) is 0. The van der Waals surface area contributed by atoms with Crippen molar-refractivity contribution < 1.29 is 10.2 Å². The lowest BCUT2D eigenvalue weighted by atomic mass is 9.57.